The van der Waals surface area contributed by atoms with Gasteiger partial charge in [0, 0.05) is 0 Å². The molecule has 0 aromatic carbocycles. The lowest BCUT2D eigenvalue weighted by molar-refractivity contribution is -0.147. The van der Waals surface area contributed by atoms with E-state index < -0.39 is 11.4 Å². The lowest BCUT2D eigenvalue weighted by Gasteiger charge is -2.18. The van der Waals surface area contributed by atoms with Crippen molar-refractivity contribution < 1.29 is 9.90 Å². The minimum absolute atomic E-state index is 0.211. The number of hydrogen-bond donors (Lipinski definition) is 1. The van der Waals surface area contributed by atoms with Gasteiger partial charge in [0.05, 0.1) is 17.1 Å². The largest absolute Gasteiger partial charge is 0.481 e. The average molecular weight is 173 g/mol. The molecule has 0 aliphatic heterocycles. The first-order valence-electron chi connectivity index (χ1n) is 3.34. The predicted octanol–water partition coefficient (Wildman–Crippen LogP) is 1.59. The van der Waals surface area contributed by atoms with Crippen LogP contribution in [0.25, 0.3) is 0 Å². The third-order valence-electron chi connectivity index (χ3n) is 1.79. The number of carboxylic acids is 1. The summed E-state index contributed by atoms with van der Waals surface area (Å²) in [6.07, 6.45) is 0.544. The quantitative estimate of drug-likeness (QED) is 0.519. The summed E-state index contributed by atoms with van der Waals surface area (Å²) in [5, 5.41) is 10.9. The fourth-order valence-electron chi connectivity index (χ4n) is 0.537. The normalized spacial score (nSPS) is 14.7. The molecule has 1 unspecified atom stereocenters. The van der Waals surface area contributed by atoms with E-state index in [1.54, 1.807) is 6.92 Å². The molecule has 1 N–H and O–H groups in total. The molecule has 0 fully saturated rings. The van der Waals surface area contributed by atoms with Crippen LogP contribution in [0.2, 0.25) is 0 Å². The van der Waals surface area contributed by atoms with E-state index >= 15 is 0 Å². The topological polar surface area (TPSA) is 49.7 Å². The molecule has 0 aromatic heterocycles. The van der Waals surface area contributed by atoms with Crippen LogP contribution in [0, 0.1) is 5.41 Å². The van der Waals surface area contributed by atoms with Crippen LogP contribution in [0.1, 0.15) is 20.3 Å². The lowest BCUT2D eigenvalue weighted by Crippen LogP contribution is -2.29. The number of carboxylic acid groups (broad SMARTS) is 1. The summed E-state index contributed by atoms with van der Waals surface area (Å²) < 4.78 is 0. The van der Waals surface area contributed by atoms with Crippen molar-refractivity contribution in [2.24, 2.45) is 10.4 Å². The molecule has 0 aliphatic rings. The second kappa shape index (κ2) is 4.21. The monoisotopic (exact) mass is 173 g/mol. The number of aliphatic carboxylic acids is 1. The zero-order chi connectivity index (χ0) is 8.91. The van der Waals surface area contributed by atoms with E-state index in [4.69, 9.17) is 5.11 Å². The van der Waals surface area contributed by atoms with E-state index in [1.165, 1.54) is 0 Å². The number of carbonyl (C=O) groups is 1. The number of aliphatic imine (C=N–C) groups is 1. The van der Waals surface area contributed by atoms with Crippen molar-refractivity contribution in [3.05, 3.63) is 0 Å². The number of hydrogen-bond acceptors (Lipinski definition) is 3. The lowest BCUT2D eigenvalue weighted by atomic mass is 9.88. The molecule has 0 spiro atoms. The van der Waals surface area contributed by atoms with Gasteiger partial charge in [-0.15, -0.1) is 0 Å². The molecule has 1 atom stereocenters. The maximum Gasteiger partial charge on any atom is 0.311 e. The van der Waals surface area contributed by atoms with Gasteiger partial charge in [-0.3, -0.25) is 4.79 Å². The molecule has 0 bridgehead atoms. The van der Waals surface area contributed by atoms with E-state index in [-0.39, 0.29) is 6.54 Å². The number of rotatable bonds is 4. The smallest absolute Gasteiger partial charge is 0.311 e. The molecule has 0 heterocycles. The summed E-state index contributed by atoms with van der Waals surface area (Å²) >= 11 is 4.34. The van der Waals surface area contributed by atoms with Gasteiger partial charge in [-0.1, -0.05) is 6.92 Å². The summed E-state index contributed by atoms with van der Waals surface area (Å²) in [6, 6.07) is 0. The highest BCUT2D eigenvalue weighted by Crippen LogP contribution is 2.21. The van der Waals surface area contributed by atoms with E-state index in [9.17, 15) is 4.79 Å². The Morgan fingerprint density at radius 2 is 2.36 bits per heavy atom. The Bertz CT molecular complexity index is 199. The zero-order valence-corrected chi connectivity index (χ0v) is 7.44. The van der Waals surface area contributed by atoms with E-state index in [1.807, 2.05) is 6.92 Å². The number of isothiocyanates is 1. The molecule has 0 saturated heterocycles. The first kappa shape index (κ1) is 10.3. The van der Waals surface area contributed by atoms with Crippen LogP contribution in [0.4, 0.5) is 0 Å². The number of thiocarbonyl (C=S) groups is 1. The highest BCUT2D eigenvalue weighted by molar-refractivity contribution is 7.78. The summed E-state index contributed by atoms with van der Waals surface area (Å²) in [4.78, 5) is 14.3. The van der Waals surface area contributed by atoms with Gasteiger partial charge in [0.1, 0.15) is 0 Å². The van der Waals surface area contributed by atoms with Crippen molar-refractivity contribution in [1.29, 1.82) is 0 Å². The Morgan fingerprint density at radius 1 is 1.82 bits per heavy atom. The highest BCUT2D eigenvalue weighted by Gasteiger charge is 2.30. The second-order valence-corrected chi connectivity index (χ2v) is 2.81. The van der Waals surface area contributed by atoms with Crippen LogP contribution in [0.3, 0.4) is 0 Å². The first-order valence-corrected chi connectivity index (χ1v) is 3.74. The predicted molar refractivity (Wildman–Crippen MR) is 45.9 cm³/mol. The van der Waals surface area contributed by atoms with Gasteiger partial charge in [0.25, 0.3) is 0 Å². The van der Waals surface area contributed by atoms with E-state index in [2.05, 4.69) is 22.4 Å². The van der Waals surface area contributed by atoms with Crippen molar-refractivity contribution in [2.45, 2.75) is 20.3 Å². The molecule has 0 aromatic rings. The summed E-state index contributed by atoms with van der Waals surface area (Å²) in [5.41, 5.74) is -0.786. The fraction of sp³-hybridized carbons (Fsp3) is 0.714. The minimum atomic E-state index is -0.839. The zero-order valence-electron chi connectivity index (χ0n) is 6.63. The Labute approximate surface area is 71.1 Å². The highest BCUT2D eigenvalue weighted by atomic mass is 32.1. The van der Waals surface area contributed by atoms with Crippen LogP contribution >= 0.6 is 12.2 Å². The Morgan fingerprint density at radius 3 is 2.64 bits per heavy atom. The van der Waals surface area contributed by atoms with Crippen molar-refractivity contribution in [3.63, 3.8) is 0 Å². The molecule has 0 rings (SSSR count). The molecule has 3 nitrogen and oxygen atoms in total. The summed E-state index contributed by atoms with van der Waals surface area (Å²) in [5.74, 6) is -0.839. The van der Waals surface area contributed by atoms with Crippen LogP contribution in [0.15, 0.2) is 4.99 Å². The van der Waals surface area contributed by atoms with E-state index in [0.717, 1.165) is 0 Å². The fourth-order valence-corrected chi connectivity index (χ4v) is 0.602. The van der Waals surface area contributed by atoms with Crippen molar-refractivity contribution in [1.82, 2.24) is 0 Å². The third kappa shape index (κ3) is 2.78. The molecular weight excluding hydrogens is 162 g/mol. The molecule has 62 valence electrons. The van der Waals surface area contributed by atoms with Crippen molar-refractivity contribution in [2.75, 3.05) is 6.54 Å². The van der Waals surface area contributed by atoms with Gasteiger partial charge in [-0.25, -0.2) is 4.99 Å². The van der Waals surface area contributed by atoms with Crippen LogP contribution in [-0.2, 0) is 4.79 Å². The van der Waals surface area contributed by atoms with Crippen molar-refractivity contribution >= 4 is 23.3 Å². The van der Waals surface area contributed by atoms with Gasteiger partial charge in [-0.05, 0) is 25.6 Å². The molecule has 0 saturated carbocycles. The van der Waals surface area contributed by atoms with Gasteiger partial charge in [0.2, 0.25) is 0 Å². The molecule has 11 heavy (non-hydrogen) atoms. The Kier molecular flexibility index (Phi) is 3.93. The molecule has 0 amide bonds. The van der Waals surface area contributed by atoms with Crippen LogP contribution in [-0.4, -0.2) is 22.8 Å². The first-order chi connectivity index (χ1) is 5.06. The molecule has 0 radical (unpaired) electrons. The standard InChI is InChI=1S/C7H11NO2S/c1-3-7(2,6(9)10)4-8-5-11/h3-4H2,1-2H3,(H,9,10). The summed E-state index contributed by atoms with van der Waals surface area (Å²) in [6.45, 7) is 3.67. The van der Waals surface area contributed by atoms with Crippen molar-refractivity contribution in [3.8, 4) is 0 Å². The van der Waals surface area contributed by atoms with Crippen LogP contribution in [0.5, 0.6) is 0 Å². The van der Waals surface area contributed by atoms with E-state index in [0.29, 0.717) is 6.42 Å². The maximum atomic E-state index is 10.6. The Balaban J connectivity index is 4.33. The number of nitrogens with zero attached hydrogens (tertiary/aromatic N) is 1. The summed E-state index contributed by atoms with van der Waals surface area (Å²) in [7, 11) is 0. The second-order valence-electron chi connectivity index (χ2n) is 2.63. The third-order valence-corrected chi connectivity index (χ3v) is 1.92. The Hall–Kier alpha value is -0.730. The van der Waals surface area contributed by atoms with Gasteiger partial charge < -0.3 is 5.11 Å². The van der Waals surface area contributed by atoms with Gasteiger partial charge in [0.15, 0.2) is 0 Å². The SMILES string of the molecule is CCC(C)(CN=C=S)C(=O)O. The van der Waals surface area contributed by atoms with Gasteiger partial charge in [-0.2, -0.15) is 0 Å². The molecule has 4 heteroatoms. The maximum absolute atomic E-state index is 10.6. The average Bonchev–Trinajstić information content (AvgIpc) is 2.00. The molecular formula is C7H11NO2S. The van der Waals surface area contributed by atoms with Gasteiger partial charge >= 0.3 is 5.97 Å². The van der Waals surface area contributed by atoms with Crippen LogP contribution < -0.4 is 0 Å². The minimum Gasteiger partial charge on any atom is -0.481 e. The molecule has 0 aliphatic carbocycles.